The van der Waals surface area contributed by atoms with E-state index >= 15 is 0 Å². The van der Waals surface area contributed by atoms with Crippen molar-refractivity contribution in [2.45, 2.75) is 54.1 Å². The van der Waals surface area contributed by atoms with Crippen LogP contribution in [0.2, 0.25) is 0 Å². The van der Waals surface area contributed by atoms with Crippen molar-refractivity contribution in [1.29, 1.82) is 0 Å². The second-order valence-corrected chi connectivity index (χ2v) is 5.03. The van der Waals surface area contributed by atoms with Gasteiger partial charge in [0.15, 0.2) is 0 Å². The molecule has 0 atom stereocenters. The lowest BCUT2D eigenvalue weighted by atomic mass is 10.1. The van der Waals surface area contributed by atoms with Gasteiger partial charge >= 0.3 is 5.97 Å². The zero-order valence-corrected chi connectivity index (χ0v) is 13.2. The Morgan fingerprint density at radius 2 is 1.85 bits per heavy atom. The summed E-state index contributed by atoms with van der Waals surface area (Å²) in [7, 11) is 0. The van der Waals surface area contributed by atoms with E-state index in [0.29, 0.717) is 30.0 Å². The second kappa shape index (κ2) is 6.59. The third-order valence-electron chi connectivity index (χ3n) is 3.20. The average Bonchev–Trinajstić information content (AvgIpc) is 2.59. The zero-order valence-electron chi connectivity index (χ0n) is 13.2. The minimum Gasteiger partial charge on any atom is -0.461 e. The van der Waals surface area contributed by atoms with E-state index in [1.807, 2.05) is 32.3 Å². The largest absolute Gasteiger partial charge is 0.461 e. The summed E-state index contributed by atoms with van der Waals surface area (Å²) in [4.78, 5) is 24.4. The average molecular weight is 280 g/mol. The van der Waals surface area contributed by atoms with Gasteiger partial charge in [0.25, 0.3) is 5.91 Å². The summed E-state index contributed by atoms with van der Waals surface area (Å²) in [6.07, 6.45) is 0. The van der Waals surface area contributed by atoms with Crippen LogP contribution in [-0.2, 0) is 11.3 Å². The molecule has 0 radical (unpaired) electrons. The molecule has 0 aliphatic carbocycles. The third-order valence-corrected chi connectivity index (χ3v) is 3.20. The highest BCUT2D eigenvalue weighted by molar-refractivity contribution is 6.01. The number of hydrogen-bond acceptors (Lipinski definition) is 3. The smallest absolute Gasteiger partial charge is 0.355 e. The molecule has 1 amide bonds. The topological polar surface area (TPSA) is 60.3 Å². The maximum atomic E-state index is 12.3. The number of aromatic nitrogens is 1. The van der Waals surface area contributed by atoms with Gasteiger partial charge in [0.2, 0.25) is 0 Å². The standard InChI is InChI=1S/C15H24N2O3/c1-7-17-11(6)12(14(18)16-9(3)4)10(5)13(17)15(19)20-8-2/h9H,7-8H2,1-6H3,(H,16,18). The van der Waals surface area contributed by atoms with Crippen LogP contribution in [-0.4, -0.2) is 29.1 Å². The summed E-state index contributed by atoms with van der Waals surface area (Å²) in [5.41, 5.74) is 2.52. The normalized spacial score (nSPS) is 10.8. The molecule has 0 spiro atoms. The summed E-state index contributed by atoms with van der Waals surface area (Å²) in [6, 6.07) is 0.0531. The maximum Gasteiger partial charge on any atom is 0.355 e. The molecule has 1 rings (SSSR count). The SMILES string of the molecule is CCOC(=O)c1c(C)c(C(=O)NC(C)C)c(C)n1CC. The van der Waals surface area contributed by atoms with Crippen molar-refractivity contribution in [3.05, 3.63) is 22.5 Å². The van der Waals surface area contributed by atoms with E-state index in [-0.39, 0.29) is 17.9 Å². The van der Waals surface area contributed by atoms with Gasteiger partial charge in [0.1, 0.15) is 5.69 Å². The Morgan fingerprint density at radius 1 is 1.25 bits per heavy atom. The summed E-state index contributed by atoms with van der Waals surface area (Å²) >= 11 is 0. The molecular formula is C15H24N2O3. The first kappa shape index (κ1) is 16.3. The van der Waals surface area contributed by atoms with Gasteiger partial charge in [-0.2, -0.15) is 0 Å². The fourth-order valence-electron chi connectivity index (χ4n) is 2.42. The molecule has 1 aromatic heterocycles. The molecule has 0 saturated heterocycles. The Balaban J connectivity index is 3.34. The van der Waals surface area contributed by atoms with Crippen molar-refractivity contribution < 1.29 is 14.3 Å². The molecule has 0 aliphatic rings. The van der Waals surface area contributed by atoms with E-state index in [2.05, 4.69) is 5.32 Å². The highest BCUT2D eigenvalue weighted by Crippen LogP contribution is 2.23. The molecular weight excluding hydrogens is 256 g/mol. The number of amides is 1. The molecule has 0 bridgehead atoms. The third kappa shape index (κ3) is 3.03. The number of ether oxygens (including phenoxy) is 1. The number of nitrogens with zero attached hydrogens (tertiary/aromatic N) is 1. The quantitative estimate of drug-likeness (QED) is 0.843. The molecule has 1 N–H and O–H groups in total. The minimum absolute atomic E-state index is 0.0531. The van der Waals surface area contributed by atoms with Gasteiger partial charge < -0.3 is 14.6 Å². The van der Waals surface area contributed by atoms with Crippen LogP contribution in [0.25, 0.3) is 0 Å². The predicted octanol–water partition coefficient (Wildman–Crippen LogP) is 2.44. The number of hydrogen-bond donors (Lipinski definition) is 1. The predicted molar refractivity (Wildman–Crippen MR) is 78.1 cm³/mol. The van der Waals surface area contributed by atoms with Crippen molar-refractivity contribution in [2.24, 2.45) is 0 Å². The van der Waals surface area contributed by atoms with Crippen LogP contribution < -0.4 is 5.32 Å². The molecule has 112 valence electrons. The Labute approximate surface area is 120 Å². The van der Waals surface area contributed by atoms with Crippen molar-refractivity contribution in [2.75, 3.05) is 6.61 Å². The molecule has 20 heavy (non-hydrogen) atoms. The fraction of sp³-hybridized carbons (Fsp3) is 0.600. The van der Waals surface area contributed by atoms with Gasteiger partial charge in [-0.3, -0.25) is 4.79 Å². The van der Waals surface area contributed by atoms with Crippen molar-refractivity contribution in [1.82, 2.24) is 9.88 Å². The first-order valence-electron chi connectivity index (χ1n) is 7.02. The lowest BCUT2D eigenvalue weighted by Crippen LogP contribution is -2.30. The van der Waals surface area contributed by atoms with E-state index in [1.165, 1.54) is 0 Å². The van der Waals surface area contributed by atoms with E-state index in [0.717, 1.165) is 5.69 Å². The number of carbonyl (C=O) groups excluding carboxylic acids is 2. The molecule has 1 aromatic rings. The molecule has 5 heteroatoms. The molecule has 0 aliphatic heterocycles. The Morgan fingerprint density at radius 3 is 2.30 bits per heavy atom. The zero-order chi connectivity index (χ0) is 15.4. The molecule has 0 aromatic carbocycles. The summed E-state index contributed by atoms with van der Waals surface area (Å²) < 4.78 is 6.92. The van der Waals surface area contributed by atoms with Crippen LogP contribution in [0.4, 0.5) is 0 Å². The molecule has 0 saturated carbocycles. The Kier molecular flexibility index (Phi) is 5.36. The molecule has 1 heterocycles. The second-order valence-electron chi connectivity index (χ2n) is 5.03. The summed E-state index contributed by atoms with van der Waals surface area (Å²) in [6.45, 7) is 12.1. The number of carbonyl (C=O) groups is 2. The molecule has 5 nitrogen and oxygen atoms in total. The van der Waals surface area contributed by atoms with Gasteiger partial charge in [0.05, 0.1) is 12.2 Å². The van der Waals surface area contributed by atoms with Crippen molar-refractivity contribution in [3.8, 4) is 0 Å². The van der Waals surface area contributed by atoms with Gasteiger partial charge in [-0.25, -0.2) is 4.79 Å². The number of esters is 1. The van der Waals surface area contributed by atoms with Crippen LogP contribution in [0, 0.1) is 13.8 Å². The fourth-order valence-corrected chi connectivity index (χ4v) is 2.42. The number of rotatable bonds is 5. The van der Waals surface area contributed by atoms with Crippen molar-refractivity contribution >= 4 is 11.9 Å². The van der Waals surface area contributed by atoms with Crippen molar-refractivity contribution in [3.63, 3.8) is 0 Å². The first-order chi connectivity index (χ1) is 9.34. The van der Waals surface area contributed by atoms with E-state index in [4.69, 9.17) is 4.74 Å². The van der Waals surface area contributed by atoms with Gasteiger partial charge in [-0.1, -0.05) is 0 Å². The first-order valence-corrected chi connectivity index (χ1v) is 7.02. The van der Waals surface area contributed by atoms with Crippen LogP contribution in [0.15, 0.2) is 0 Å². The monoisotopic (exact) mass is 280 g/mol. The minimum atomic E-state index is -0.376. The lowest BCUT2D eigenvalue weighted by molar-refractivity contribution is 0.0512. The van der Waals surface area contributed by atoms with E-state index in [9.17, 15) is 9.59 Å². The van der Waals surface area contributed by atoms with Gasteiger partial charge in [-0.05, 0) is 47.1 Å². The highest BCUT2D eigenvalue weighted by atomic mass is 16.5. The Hall–Kier alpha value is -1.78. The lowest BCUT2D eigenvalue weighted by Gasteiger charge is -2.09. The van der Waals surface area contributed by atoms with Gasteiger partial charge in [0, 0.05) is 18.3 Å². The summed E-state index contributed by atoms with van der Waals surface area (Å²) in [5.74, 6) is -0.522. The van der Waals surface area contributed by atoms with Crippen LogP contribution in [0.5, 0.6) is 0 Å². The van der Waals surface area contributed by atoms with E-state index < -0.39 is 0 Å². The van der Waals surface area contributed by atoms with Crippen LogP contribution in [0.1, 0.15) is 59.8 Å². The van der Waals surface area contributed by atoms with E-state index in [1.54, 1.807) is 13.8 Å². The number of nitrogens with one attached hydrogen (secondary N) is 1. The maximum absolute atomic E-state index is 12.3. The van der Waals surface area contributed by atoms with Crippen LogP contribution >= 0.6 is 0 Å². The molecule has 0 fully saturated rings. The summed E-state index contributed by atoms with van der Waals surface area (Å²) in [5, 5.41) is 2.87. The molecule has 0 unspecified atom stereocenters. The Bertz CT molecular complexity index is 516. The van der Waals surface area contributed by atoms with Gasteiger partial charge in [-0.15, -0.1) is 0 Å². The highest BCUT2D eigenvalue weighted by Gasteiger charge is 2.26. The van der Waals surface area contributed by atoms with Crippen LogP contribution in [0.3, 0.4) is 0 Å².